The predicted octanol–water partition coefficient (Wildman–Crippen LogP) is 19.4. The van der Waals surface area contributed by atoms with Gasteiger partial charge in [0, 0.05) is 57.0 Å². The molecule has 0 fully saturated rings. The molecule has 0 saturated heterocycles. The highest BCUT2D eigenvalue weighted by Gasteiger charge is 2.28. The highest BCUT2D eigenvalue weighted by Crippen LogP contribution is 2.47. The lowest BCUT2D eigenvalue weighted by molar-refractivity contribution is 0.723. The number of allylic oxidation sites excluding steroid dienone is 5. The summed E-state index contributed by atoms with van der Waals surface area (Å²) in [6, 6.07) is 83.5. The number of anilines is 2. The van der Waals surface area contributed by atoms with E-state index in [4.69, 9.17) is 0 Å². The van der Waals surface area contributed by atoms with Crippen LogP contribution >= 0.6 is 0 Å². The molecule has 0 saturated carbocycles. The monoisotopic (exact) mass is 932 g/mol. The second-order valence-electron chi connectivity index (χ2n) is 20.2. The summed E-state index contributed by atoms with van der Waals surface area (Å²) >= 11 is 0. The van der Waals surface area contributed by atoms with Crippen molar-refractivity contribution < 1.29 is 0 Å². The molecule has 2 heteroatoms. The maximum atomic E-state index is 3.95. The van der Waals surface area contributed by atoms with Crippen LogP contribution in [-0.2, 0) is 0 Å². The minimum atomic E-state index is 0.198. The van der Waals surface area contributed by atoms with Gasteiger partial charge in [-0.2, -0.15) is 0 Å². The van der Waals surface area contributed by atoms with Gasteiger partial charge >= 0.3 is 0 Å². The third-order valence-corrected chi connectivity index (χ3v) is 15.7. The molecule has 346 valence electrons. The Kier molecular flexibility index (Phi) is 10.4. The molecule has 73 heavy (non-hydrogen) atoms. The highest BCUT2D eigenvalue weighted by molar-refractivity contribution is 5.97. The van der Waals surface area contributed by atoms with E-state index < -0.39 is 0 Å². The van der Waals surface area contributed by atoms with Gasteiger partial charge in [-0.25, -0.2) is 0 Å². The minimum absolute atomic E-state index is 0.198. The number of rotatable bonds is 6. The van der Waals surface area contributed by atoms with E-state index in [-0.39, 0.29) is 11.8 Å². The predicted molar refractivity (Wildman–Crippen MR) is 309 cm³/mol. The van der Waals surface area contributed by atoms with Crippen molar-refractivity contribution in [3.05, 3.63) is 277 Å². The number of nitrogens with one attached hydrogen (secondary N) is 1. The van der Waals surface area contributed by atoms with E-state index in [1.54, 1.807) is 0 Å². The number of fused-ring (bicyclic) bond motifs is 12. The van der Waals surface area contributed by atoms with Crippen molar-refractivity contribution in [3.8, 4) is 72.4 Å². The molecule has 14 rings (SSSR count). The Morgan fingerprint density at radius 3 is 1.79 bits per heavy atom. The molecular weight excluding hydrogens is 881 g/mol. The Morgan fingerprint density at radius 2 is 1.01 bits per heavy atom. The number of benzene rings is 10. The molecule has 0 amide bonds. The first-order valence-corrected chi connectivity index (χ1v) is 25.8. The molecule has 2 aliphatic carbocycles. The summed E-state index contributed by atoms with van der Waals surface area (Å²) in [4.78, 5) is 0. The van der Waals surface area contributed by atoms with Crippen molar-refractivity contribution in [2.45, 2.75) is 31.1 Å². The molecule has 0 radical (unpaired) electrons. The van der Waals surface area contributed by atoms with Gasteiger partial charge in [0.1, 0.15) is 0 Å². The quantitative estimate of drug-likeness (QED) is 0.176. The Labute approximate surface area is 427 Å². The van der Waals surface area contributed by atoms with E-state index in [9.17, 15) is 0 Å². The van der Waals surface area contributed by atoms with Crippen molar-refractivity contribution in [3.63, 3.8) is 0 Å². The molecule has 1 N–H and O–H groups in total. The maximum absolute atomic E-state index is 3.95. The van der Waals surface area contributed by atoms with Crippen LogP contribution < -0.4 is 5.32 Å². The zero-order chi connectivity index (χ0) is 48.4. The molecule has 3 atom stereocenters. The van der Waals surface area contributed by atoms with E-state index in [2.05, 4.69) is 278 Å². The highest BCUT2D eigenvalue weighted by atomic mass is 15.0. The molecule has 0 spiro atoms. The summed E-state index contributed by atoms with van der Waals surface area (Å²) < 4.78 is 2.55. The first-order chi connectivity index (χ1) is 36.1. The van der Waals surface area contributed by atoms with Crippen molar-refractivity contribution in [1.29, 1.82) is 0 Å². The third kappa shape index (κ3) is 7.66. The molecule has 3 aliphatic rings. The van der Waals surface area contributed by atoms with Crippen LogP contribution in [0.25, 0.3) is 100 Å². The second kappa shape index (κ2) is 17.7. The van der Waals surface area contributed by atoms with Crippen LogP contribution in [-0.4, -0.2) is 4.57 Å². The smallest absolute Gasteiger partial charge is 0.0538 e. The van der Waals surface area contributed by atoms with E-state index in [1.165, 1.54) is 117 Å². The van der Waals surface area contributed by atoms with E-state index >= 15 is 0 Å². The van der Waals surface area contributed by atoms with Crippen molar-refractivity contribution >= 4 is 39.1 Å². The summed E-state index contributed by atoms with van der Waals surface area (Å²) in [5.74, 6) is 0.775. The van der Waals surface area contributed by atoms with Crippen molar-refractivity contribution in [2.24, 2.45) is 0 Å². The zero-order valence-electron chi connectivity index (χ0n) is 40.7. The van der Waals surface area contributed by atoms with E-state index in [1.807, 2.05) is 0 Å². The Balaban J connectivity index is 0.836. The van der Waals surface area contributed by atoms with Crippen molar-refractivity contribution in [1.82, 2.24) is 4.57 Å². The largest absolute Gasteiger partial charge is 0.355 e. The van der Waals surface area contributed by atoms with Gasteiger partial charge in [-0.3, -0.25) is 0 Å². The van der Waals surface area contributed by atoms with Crippen LogP contribution in [0.1, 0.15) is 53.5 Å². The molecular formula is C71H52N2. The summed E-state index contributed by atoms with van der Waals surface area (Å²) in [6.07, 6.45) is 14.9. The first-order valence-electron chi connectivity index (χ1n) is 25.8. The lowest BCUT2D eigenvalue weighted by Gasteiger charge is -2.30. The summed E-state index contributed by atoms with van der Waals surface area (Å²) in [6.45, 7) is 2.38. The zero-order valence-corrected chi connectivity index (χ0v) is 40.7. The second-order valence-corrected chi connectivity index (χ2v) is 20.2. The Bertz CT molecular complexity index is 4040. The fourth-order valence-electron chi connectivity index (χ4n) is 12.0. The lowest BCUT2D eigenvalue weighted by atomic mass is 9.76. The number of nitrogens with zero attached hydrogens (tertiary/aromatic N) is 1. The number of hydrogen-bond acceptors (Lipinski definition) is 1. The van der Waals surface area contributed by atoms with Gasteiger partial charge in [0.15, 0.2) is 0 Å². The van der Waals surface area contributed by atoms with E-state index in [0.717, 1.165) is 17.8 Å². The molecule has 1 aromatic heterocycles. The molecule has 11 aromatic rings. The maximum Gasteiger partial charge on any atom is 0.0538 e. The van der Waals surface area contributed by atoms with Gasteiger partial charge in [0.25, 0.3) is 0 Å². The lowest BCUT2D eigenvalue weighted by Crippen LogP contribution is -2.13. The average Bonchev–Trinajstić information content (AvgIpc) is 3.80. The topological polar surface area (TPSA) is 17.0 Å². The van der Waals surface area contributed by atoms with E-state index in [0.29, 0.717) is 5.92 Å². The van der Waals surface area contributed by atoms with Crippen LogP contribution in [0.5, 0.6) is 0 Å². The van der Waals surface area contributed by atoms with Crippen molar-refractivity contribution in [2.75, 3.05) is 5.32 Å². The van der Waals surface area contributed by atoms with Gasteiger partial charge < -0.3 is 9.88 Å². The summed E-state index contributed by atoms with van der Waals surface area (Å²) in [7, 11) is 0. The molecule has 10 aromatic carbocycles. The number of aromatic nitrogens is 1. The molecule has 2 nitrogen and oxygen atoms in total. The van der Waals surface area contributed by atoms with Gasteiger partial charge in [0.2, 0.25) is 0 Å². The standard InChI is InChI=1S/C71H52N2/c1-46-14-12-25-64-67-45-56(34-37-70(67)73(71(46)64)61-41-59(48-17-6-3-7-18-48)40-60(42-61)53-31-30-49-19-8-9-20-52(49)38-53)51-28-26-50(27-29-51)54-32-35-68-65(43-54)58-22-13-21-57(39-58)62-23-10-11-24-63(62)66-44-55(33-36-69(66)72-68)47-15-4-2-5-16-47/h2-13,15-46,62-63,72H,14H2,1H3. The van der Waals surface area contributed by atoms with Gasteiger partial charge in [-0.15, -0.1) is 0 Å². The third-order valence-electron chi connectivity index (χ3n) is 15.7. The van der Waals surface area contributed by atoms with Crippen LogP contribution in [0.15, 0.2) is 255 Å². The molecule has 3 unspecified atom stereocenters. The van der Waals surface area contributed by atoms with Crippen LogP contribution in [0.4, 0.5) is 11.4 Å². The summed E-state index contributed by atoms with van der Waals surface area (Å²) in [5, 5.41) is 7.74. The normalized spacial score (nSPS) is 16.3. The minimum Gasteiger partial charge on any atom is -0.355 e. The summed E-state index contributed by atoms with van der Waals surface area (Å²) in [5.41, 5.74) is 24.5. The molecule has 1 aliphatic heterocycles. The first kappa shape index (κ1) is 42.9. The van der Waals surface area contributed by atoms with Gasteiger partial charge in [0.05, 0.1) is 5.52 Å². The van der Waals surface area contributed by atoms with Gasteiger partial charge in [-0.1, -0.05) is 207 Å². The van der Waals surface area contributed by atoms with Crippen LogP contribution in [0, 0.1) is 0 Å². The van der Waals surface area contributed by atoms with Crippen LogP contribution in [0.2, 0.25) is 0 Å². The fourth-order valence-corrected chi connectivity index (χ4v) is 12.0. The average molecular weight is 933 g/mol. The SMILES string of the molecule is CC1CC=Cc2c1n(-c1cc(-c3ccccc3)cc(-c3ccc4ccccc4c3)c1)c1ccc(-c3ccc(-c4ccc5c(c4)-c4cccc(c4)C4C=CC=CC4c4cc(-c6ccccc6)ccc4N5)cc3)cc21. The fraction of sp³-hybridized carbons (Fsp3) is 0.0704. The molecule has 2 bridgehead atoms. The Morgan fingerprint density at radius 1 is 0.425 bits per heavy atom. The number of hydrogen-bond donors (Lipinski definition) is 1. The van der Waals surface area contributed by atoms with Gasteiger partial charge in [-0.05, 0) is 150 Å². The Hall–Kier alpha value is -8.98. The molecule has 2 heterocycles. The van der Waals surface area contributed by atoms with Crippen LogP contribution in [0.3, 0.4) is 0 Å².